The first-order valence-corrected chi connectivity index (χ1v) is 7.01. The van der Waals surface area contributed by atoms with Crippen molar-refractivity contribution in [2.75, 3.05) is 30.8 Å². The summed E-state index contributed by atoms with van der Waals surface area (Å²) in [5.41, 5.74) is 7.54. The molecule has 0 saturated carbocycles. The van der Waals surface area contributed by atoms with E-state index in [0.717, 1.165) is 31.0 Å². The minimum Gasteiger partial charge on any atom is -0.489 e. The van der Waals surface area contributed by atoms with Gasteiger partial charge in [0.25, 0.3) is 0 Å². The van der Waals surface area contributed by atoms with Crippen molar-refractivity contribution in [1.82, 2.24) is 0 Å². The van der Waals surface area contributed by atoms with Crippen LogP contribution in [-0.2, 0) is 4.74 Å². The number of rotatable bonds is 9. The first kappa shape index (κ1) is 15.6. The third-order valence-corrected chi connectivity index (χ3v) is 2.59. The summed E-state index contributed by atoms with van der Waals surface area (Å²) in [4.78, 5) is 0. The van der Waals surface area contributed by atoms with Gasteiger partial charge in [-0.15, -0.1) is 0 Å². The molecule has 0 spiro atoms. The molecule has 0 saturated heterocycles. The molecule has 0 bridgehead atoms. The van der Waals surface area contributed by atoms with Crippen LogP contribution in [0, 0.1) is 0 Å². The molecule has 108 valence electrons. The number of unbranched alkanes of at least 4 members (excludes halogenated alkanes) is 1. The molecule has 0 aromatic heterocycles. The van der Waals surface area contributed by atoms with E-state index in [9.17, 15) is 0 Å². The first-order valence-electron chi connectivity index (χ1n) is 7.01. The maximum atomic E-state index is 5.87. The zero-order chi connectivity index (χ0) is 14.1. The second-order valence-electron chi connectivity index (χ2n) is 4.81. The molecular formula is C15H26N2O2. The molecule has 1 aromatic carbocycles. The van der Waals surface area contributed by atoms with Gasteiger partial charge in [-0.3, -0.25) is 0 Å². The fourth-order valence-corrected chi connectivity index (χ4v) is 1.62. The monoisotopic (exact) mass is 266 g/mol. The van der Waals surface area contributed by atoms with Crippen molar-refractivity contribution in [2.24, 2.45) is 0 Å². The fourth-order valence-electron chi connectivity index (χ4n) is 1.62. The third kappa shape index (κ3) is 6.34. The molecule has 0 radical (unpaired) electrons. The number of nitrogens with one attached hydrogen (secondary N) is 1. The number of nitrogens with two attached hydrogens (primary N) is 1. The lowest BCUT2D eigenvalue weighted by Gasteiger charge is -2.14. The minimum absolute atomic E-state index is 0.120. The summed E-state index contributed by atoms with van der Waals surface area (Å²) < 4.78 is 11.1. The zero-order valence-corrected chi connectivity index (χ0v) is 12.2. The van der Waals surface area contributed by atoms with Crippen LogP contribution in [0.1, 0.15) is 33.6 Å². The largest absolute Gasteiger partial charge is 0.489 e. The summed E-state index contributed by atoms with van der Waals surface area (Å²) in [6.45, 7) is 8.47. The smallest absolute Gasteiger partial charge is 0.144 e. The SMILES string of the molecule is CCCCOCCNc1ccc(N)c(OC(C)C)c1. The molecule has 0 aliphatic rings. The van der Waals surface area contributed by atoms with Gasteiger partial charge >= 0.3 is 0 Å². The average molecular weight is 266 g/mol. The Morgan fingerprint density at radius 1 is 1.26 bits per heavy atom. The van der Waals surface area contributed by atoms with Gasteiger partial charge in [0.1, 0.15) is 5.75 Å². The van der Waals surface area contributed by atoms with E-state index in [1.807, 2.05) is 32.0 Å². The van der Waals surface area contributed by atoms with Gasteiger partial charge in [0, 0.05) is 24.9 Å². The summed E-state index contributed by atoms with van der Waals surface area (Å²) in [5.74, 6) is 0.729. The highest BCUT2D eigenvalue weighted by molar-refractivity contribution is 5.61. The lowest BCUT2D eigenvalue weighted by atomic mass is 10.2. The van der Waals surface area contributed by atoms with Crippen LogP contribution >= 0.6 is 0 Å². The Bertz CT molecular complexity index is 367. The van der Waals surface area contributed by atoms with E-state index >= 15 is 0 Å². The molecule has 0 atom stereocenters. The van der Waals surface area contributed by atoms with Crippen LogP contribution in [0.25, 0.3) is 0 Å². The molecule has 0 heterocycles. The summed E-state index contributed by atoms with van der Waals surface area (Å²) in [6, 6.07) is 5.74. The Labute approximate surface area is 116 Å². The normalized spacial score (nSPS) is 10.7. The third-order valence-electron chi connectivity index (χ3n) is 2.59. The number of hydrogen-bond acceptors (Lipinski definition) is 4. The lowest BCUT2D eigenvalue weighted by molar-refractivity contribution is 0.141. The molecule has 1 aromatic rings. The molecule has 19 heavy (non-hydrogen) atoms. The van der Waals surface area contributed by atoms with Crippen molar-refractivity contribution in [3.05, 3.63) is 18.2 Å². The summed E-state index contributed by atoms with van der Waals surface area (Å²) >= 11 is 0. The molecule has 3 N–H and O–H groups in total. The first-order chi connectivity index (χ1) is 9.13. The van der Waals surface area contributed by atoms with Gasteiger partial charge in [0.05, 0.1) is 18.4 Å². The number of nitrogen functional groups attached to an aromatic ring is 1. The Morgan fingerprint density at radius 3 is 2.74 bits per heavy atom. The van der Waals surface area contributed by atoms with E-state index < -0.39 is 0 Å². The minimum atomic E-state index is 0.120. The maximum Gasteiger partial charge on any atom is 0.144 e. The van der Waals surface area contributed by atoms with Crippen LogP contribution < -0.4 is 15.8 Å². The van der Waals surface area contributed by atoms with E-state index in [1.165, 1.54) is 6.42 Å². The van der Waals surface area contributed by atoms with E-state index in [-0.39, 0.29) is 6.10 Å². The highest BCUT2D eigenvalue weighted by Gasteiger charge is 2.04. The molecular weight excluding hydrogens is 240 g/mol. The van der Waals surface area contributed by atoms with Crippen LogP contribution in [0.15, 0.2) is 18.2 Å². The average Bonchev–Trinajstić information content (AvgIpc) is 2.37. The van der Waals surface area contributed by atoms with Gasteiger partial charge in [-0.2, -0.15) is 0 Å². The Balaban J connectivity index is 2.37. The van der Waals surface area contributed by atoms with Crippen molar-refractivity contribution < 1.29 is 9.47 Å². The number of benzene rings is 1. The van der Waals surface area contributed by atoms with Crippen LogP contribution in [0.2, 0.25) is 0 Å². The quantitative estimate of drug-likeness (QED) is 0.532. The Kier molecular flexibility index (Phi) is 7.11. The topological polar surface area (TPSA) is 56.5 Å². The van der Waals surface area contributed by atoms with E-state index in [1.54, 1.807) is 0 Å². The summed E-state index contributed by atoms with van der Waals surface area (Å²) in [7, 11) is 0. The zero-order valence-electron chi connectivity index (χ0n) is 12.2. The van der Waals surface area contributed by atoms with Crippen molar-refractivity contribution in [1.29, 1.82) is 0 Å². The number of ether oxygens (including phenoxy) is 2. The summed E-state index contributed by atoms with van der Waals surface area (Å²) in [5, 5.41) is 3.30. The van der Waals surface area contributed by atoms with Crippen LogP contribution in [0.3, 0.4) is 0 Å². The van der Waals surface area contributed by atoms with Crippen molar-refractivity contribution >= 4 is 11.4 Å². The predicted octanol–water partition coefficient (Wildman–Crippen LogP) is 3.28. The molecule has 4 heteroatoms. The van der Waals surface area contributed by atoms with Crippen molar-refractivity contribution in [3.8, 4) is 5.75 Å². The summed E-state index contributed by atoms with van der Waals surface area (Å²) in [6.07, 6.45) is 2.41. The van der Waals surface area contributed by atoms with Gasteiger partial charge < -0.3 is 20.5 Å². The molecule has 0 aliphatic carbocycles. The lowest BCUT2D eigenvalue weighted by Crippen LogP contribution is -2.11. The van der Waals surface area contributed by atoms with Crippen LogP contribution in [0.5, 0.6) is 5.75 Å². The highest BCUT2D eigenvalue weighted by atomic mass is 16.5. The highest BCUT2D eigenvalue weighted by Crippen LogP contribution is 2.26. The maximum absolute atomic E-state index is 5.87. The van der Waals surface area contributed by atoms with Crippen molar-refractivity contribution in [2.45, 2.75) is 39.7 Å². The van der Waals surface area contributed by atoms with Crippen LogP contribution in [-0.4, -0.2) is 25.9 Å². The van der Waals surface area contributed by atoms with Crippen molar-refractivity contribution in [3.63, 3.8) is 0 Å². The van der Waals surface area contributed by atoms with E-state index in [4.69, 9.17) is 15.2 Å². The predicted molar refractivity (Wildman–Crippen MR) is 80.8 cm³/mol. The van der Waals surface area contributed by atoms with E-state index in [0.29, 0.717) is 12.3 Å². The second-order valence-corrected chi connectivity index (χ2v) is 4.81. The number of hydrogen-bond donors (Lipinski definition) is 2. The molecule has 1 rings (SSSR count). The van der Waals surface area contributed by atoms with Gasteiger partial charge in [0.15, 0.2) is 0 Å². The second kappa shape index (κ2) is 8.64. The number of anilines is 2. The Morgan fingerprint density at radius 2 is 2.05 bits per heavy atom. The van der Waals surface area contributed by atoms with Gasteiger partial charge in [-0.05, 0) is 32.4 Å². The van der Waals surface area contributed by atoms with Gasteiger partial charge in [0.2, 0.25) is 0 Å². The Hall–Kier alpha value is -1.42. The molecule has 0 amide bonds. The fraction of sp³-hybridized carbons (Fsp3) is 0.600. The molecule has 4 nitrogen and oxygen atoms in total. The molecule has 0 fully saturated rings. The standard InChI is InChI=1S/C15H26N2O2/c1-4-5-9-18-10-8-17-13-6-7-14(16)15(11-13)19-12(2)3/h6-7,11-12,17H,4-5,8-10,16H2,1-3H3. The van der Waals surface area contributed by atoms with E-state index in [2.05, 4.69) is 12.2 Å². The molecule has 0 aliphatic heterocycles. The van der Waals surface area contributed by atoms with Gasteiger partial charge in [-0.25, -0.2) is 0 Å². The van der Waals surface area contributed by atoms with Crippen LogP contribution in [0.4, 0.5) is 11.4 Å². The van der Waals surface area contributed by atoms with Gasteiger partial charge in [-0.1, -0.05) is 13.3 Å². The molecule has 0 unspecified atom stereocenters.